The number of hydrogen-bond donors (Lipinski definition) is 1. The normalized spacial score (nSPS) is 10.2. The van der Waals surface area contributed by atoms with E-state index in [1.807, 2.05) is 0 Å². The average molecular weight is 250 g/mol. The molecule has 2 nitrogen and oxygen atoms in total. The number of hydrogen-bond acceptors (Lipinski definition) is 2. The Balaban J connectivity index is 2.48. The van der Waals surface area contributed by atoms with Crippen LogP contribution in [0.15, 0.2) is 42.5 Å². The van der Waals surface area contributed by atoms with Crippen molar-refractivity contribution < 1.29 is 9.18 Å². The Hall–Kier alpha value is -1.87. The molecule has 0 aromatic heterocycles. The van der Waals surface area contributed by atoms with Gasteiger partial charge in [-0.15, -0.1) is 0 Å². The van der Waals surface area contributed by atoms with Crippen LogP contribution in [-0.4, -0.2) is 5.78 Å². The van der Waals surface area contributed by atoms with Crippen LogP contribution in [-0.2, 0) is 0 Å². The van der Waals surface area contributed by atoms with E-state index in [4.69, 9.17) is 17.3 Å². The first-order valence-electron chi connectivity index (χ1n) is 4.94. The molecule has 0 atom stereocenters. The molecule has 0 unspecified atom stereocenters. The molecule has 0 spiro atoms. The number of ketones is 1. The highest BCUT2D eigenvalue weighted by atomic mass is 35.5. The summed E-state index contributed by atoms with van der Waals surface area (Å²) in [6, 6.07) is 10.3. The second-order valence-electron chi connectivity index (χ2n) is 3.55. The third kappa shape index (κ3) is 2.29. The minimum atomic E-state index is -0.564. The number of rotatable bonds is 2. The molecule has 0 amide bonds. The fourth-order valence-electron chi connectivity index (χ4n) is 1.51. The number of nitrogens with two attached hydrogens (primary N) is 1. The summed E-state index contributed by atoms with van der Waals surface area (Å²) in [5, 5.41) is 0.221. The van der Waals surface area contributed by atoms with Crippen LogP contribution in [0.3, 0.4) is 0 Å². The van der Waals surface area contributed by atoms with Gasteiger partial charge in [-0.3, -0.25) is 4.79 Å². The summed E-state index contributed by atoms with van der Waals surface area (Å²) in [5.74, 6) is -1.02. The van der Waals surface area contributed by atoms with Crippen molar-refractivity contribution in [1.29, 1.82) is 0 Å². The maximum Gasteiger partial charge on any atom is 0.197 e. The van der Waals surface area contributed by atoms with Gasteiger partial charge in [-0.25, -0.2) is 4.39 Å². The highest BCUT2D eigenvalue weighted by molar-refractivity contribution is 6.35. The van der Waals surface area contributed by atoms with Gasteiger partial charge in [0.05, 0.1) is 10.6 Å². The minimum absolute atomic E-state index is 0.000767. The molecule has 0 fully saturated rings. The van der Waals surface area contributed by atoms with Crippen LogP contribution < -0.4 is 5.73 Å². The third-order valence-electron chi connectivity index (χ3n) is 2.36. The molecule has 0 saturated heterocycles. The maximum atomic E-state index is 13.4. The average Bonchev–Trinajstić information content (AvgIpc) is 2.29. The van der Waals surface area contributed by atoms with Crippen LogP contribution in [0.1, 0.15) is 15.9 Å². The molecule has 0 aliphatic carbocycles. The van der Waals surface area contributed by atoms with Crippen LogP contribution in [0.25, 0.3) is 0 Å². The molecular weight excluding hydrogens is 241 g/mol. The van der Waals surface area contributed by atoms with Crippen molar-refractivity contribution in [2.24, 2.45) is 0 Å². The maximum absolute atomic E-state index is 13.4. The number of halogens is 2. The van der Waals surface area contributed by atoms with Crippen LogP contribution >= 0.6 is 11.6 Å². The van der Waals surface area contributed by atoms with E-state index in [1.54, 1.807) is 12.1 Å². The predicted molar refractivity (Wildman–Crippen MR) is 65.7 cm³/mol. The summed E-state index contributed by atoms with van der Waals surface area (Å²) in [4.78, 5) is 12.0. The number of carbonyl (C=O) groups is 1. The van der Waals surface area contributed by atoms with Crippen LogP contribution in [0, 0.1) is 5.82 Å². The fraction of sp³-hybridized carbons (Fsp3) is 0. The topological polar surface area (TPSA) is 43.1 Å². The molecule has 2 rings (SSSR count). The van der Waals surface area contributed by atoms with E-state index < -0.39 is 11.6 Å². The van der Waals surface area contributed by atoms with Gasteiger partial charge in [0.15, 0.2) is 5.78 Å². The molecule has 2 N–H and O–H groups in total. The van der Waals surface area contributed by atoms with Crippen LogP contribution in [0.4, 0.5) is 10.1 Å². The van der Waals surface area contributed by atoms with Crippen molar-refractivity contribution in [3.63, 3.8) is 0 Å². The van der Waals surface area contributed by atoms with E-state index in [-0.39, 0.29) is 16.1 Å². The van der Waals surface area contributed by atoms with Crippen LogP contribution in [0.2, 0.25) is 5.02 Å². The van der Waals surface area contributed by atoms with Gasteiger partial charge >= 0.3 is 0 Å². The summed E-state index contributed by atoms with van der Waals surface area (Å²) in [7, 11) is 0. The van der Waals surface area contributed by atoms with Gasteiger partial charge < -0.3 is 5.73 Å². The minimum Gasteiger partial charge on any atom is -0.399 e. The Morgan fingerprint density at radius 3 is 2.47 bits per heavy atom. The highest BCUT2D eigenvalue weighted by Crippen LogP contribution is 2.23. The number of anilines is 1. The molecule has 0 bridgehead atoms. The zero-order chi connectivity index (χ0) is 12.4. The molecule has 2 aromatic carbocycles. The van der Waals surface area contributed by atoms with Crippen LogP contribution in [0.5, 0.6) is 0 Å². The summed E-state index contributed by atoms with van der Waals surface area (Å²) in [6.45, 7) is 0. The molecule has 0 heterocycles. The van der Waals surface area contributed by atoms with E-state index in [1.165, 1.54) is 30.3 Å². The Morgan fingerprint density at radius 1 is 1.12 bits per heavy atom. The largest absolute Gasteiger partial charge is 0.399 e. The molecule has 2 aromatic rings. The van der Waals surface area contributed by atoms with E-state index in [0.29, 0.717) is 5.69 Å². The third-order valence-corrected chi connectivity index (χ3v) is 2.67. The zero-order valence-corrected chi connectivity index (χ0v) is 9.54. The van der Waals surface area contributed by atoms with Crippen molar-refractivity contribution in [2.75, 3.05) is 5.73 Å². The summed E-state index contributed by atoms with van der Waals surface area (Å²) >= 11 is 5.90. The van der Waals surface area contributed by atoms with E-state index >= 15 is 0 Å². The van der Waals surface area contributed by atoms with E-state index in [9.17, 15) is 9.18 Å². The summed E-state index contributed by atoms with van der Waals surface area (Å²) < 4.78 is 13.4. The smallest absolute Gasteiger partial charge is 0.197 e. The second kappa shape index (κ2) is 4.55. The van der Waals surface area contributed by atoms with Crippen molar-refractivity contribution in [3.05, 3.63) is 64.4 Å². The second-order valence-corrected chi connectivity index (χ2v) is 3.96. The Morgan fingerprint density at radius 2 is 1.82 bits per heavy atom. The zero-order valence-electron chi connectivity index (χ0n) is 8.78. The summed E-state index contributed by atoms with van der Waals surface area (Å²) in [5.41, 5.74) is 6.23. The molecule has 17 heavy (non-hydrogen) atoms. The van der Waals surface area contributed by atoms with Crippen molar-refractivity contribution >= 4 is 23.1 Å². The lowest BCUT2D eigenvalue weighted by molar-refractivity contribution is 0.103. The summed E-state index contributed by atoms with van der Waals surface area (Å²) in [6.07, 6.45) is 0. The first-order chi connectivity index (χ1) is 8.09. The van der Waals surface area contributed by atoms with Crippen molar-refractivity contribution in [1.82, 2.24) is 0 Å². The molecule has 4 heteroatoms. The first kappa shape index (κ1) is 11.6. The van der Waals surface area contributed by atoms with Gasteiger partial charge in [0.1, 0.15) is 5.82 Å². The number of benzene rings is 2. The molecular formula is C13H9ClFNO. The van der Waals surface area contributed by atoms with Gasteiger partial charge in [-0.05, 0) is 30.3 Å². The molecule has 0 aliphatic rings. The Labute approximate surface area is 103 Å². The van der Waals surface area contributed by atoms with Gasteiger partial charge in [0, 0.05) is 11.3 Å². The van der Waals surface area contributed by atoms with E-state index in [0.717, 1.165) is 0 Å². The van der Waals surface area contributed by atoms with Gasteiger partial charge in [0.2, 0.25) is 0 Å². The molecule has 0 aliphatic heterocycles. The monoisotopic (exact) mass is 249 g/mol. The molecule has 86 valence electrons. The standard InChI is InChI=1S/C13H9ClFNO/c14-11-7-8(16)5-6-9(11)13(17)10-3-1-2-4-12(10)15/h1-7H,16H2. The van der Waals surface area contributed by atoms with E-state index in [2.05, 4.69) is 0 Å². The van der Waals surface area contributed by atoms with Gasteiger partial charge in [-0.1, -0.05) is 23.7 Å². The van der Waals surface area contributed by atoms with Gasteiger partial charge in [-0.2, -0.15) is 0 Å². The lowest BCUT2D eigenvalue weighted by Gasteiger charge is -2.05. The Bertz CT molecular complexity index is 583. The number of carbonyl (C=O) groups excluding carboxylic acids is 1. The Kier molecular flexibility index (Phi) is 3.11. The lowest BCUT2D eigenvalue weighted by atomic mass is 10.0. The van der Waals surface area contributed by atoms with Crippen molar-refractivity contribution in [3.8, 4) is 0 Å². The quantitative estimate of drug-likeness (QED) is 0.656. The molecule has 0 radical (unpaired) electrons. The van der Waals surface area contributed by atoms with Gasteiger partial charge in [0.25, 0.3) is 0 Å². The molecule has 0 saturated carbocycles. The predicted octanol–water partition coefficient (Wildman–Crippen LogP) is 3.29. The first-order valence-corrected chi connectivity index (χ1v) is 5.31. The lowest BCUT2D eigenvalue weighted by Crippen LogP contribution is -2.05. The highest BCUT2D eigenvalue weighted by Gasteiger charge is 2.16. The number of nitrogen functional groups attached to an aromatic ring is 1. The SMILES string of the molecule is Nc1ccc(C(=O)c2ccccc2F)c(Cl)c1. The van der Waals surface area contributed by atoms with Crippen molar-refractivity contribution in [2.45, 2.75) is 0 Å². The fourth-order valence-corrected chi connectivity index (χ4v) is 1.78.